The van der Waals surface area contributed by atoms with Crippen molar-refractivity contribution >= 4 is 10.9 Å². The molecule has 0 saturated carbocycles. The van der Waals surface area contributed by atoms with Crippen LogP contribution in [0.5, 0.6) is 5.75 Å². The highest BCUT2D eigenvalue weighted by Crippen LogP contribution is 2.40. The second-order valence-corrected chi connectivity index (χ2v) is 7.25. The van der Waals surface area contributed by atoms with E-state index in [1.165, 1.54) is 22.2 Å². The molecule has 2 aromatic rings. The van der Waals surface area contributed by atoms with Gasteiger partial charge < -0.3 is 19.9 Å². The average molecular weight is 338 g/mol. The number of nitrogens with one attached hydrogen (secondary N) is 2. The number of likely N-dealkylation sites (tertiary alicyclic amines) is 1. The van der Waals surface area contributed by atoms with Crippen LogP contribution in [0.2, 0.25) is 0 Å². The Morgan fingerprint density at radius 3 is 2.92 bits per heavy atom. The van der Waals surface area contributed by atoms with Crippen LogP contribution in [0, 0.1) is 11.3 Å². The van der Waals surface area contributed by atoms with Crippen LogP contribution in [-0.4, -0.2) is 43.2 Å². The highest BCUT2D eigenvalue weighted by Gasteiger charge is 2.41. The molecule has 4 rings (SSSR count). The number of H-pyrrole nitrogens is 1. The minimum absolute atomic E-state index is 0.0750. The Bertz CT molecular complexity index is 796. The van der Waals surface area contributed by atoms with Gasteiger partial charge >= 0.3 is 0 Å². The number of aromatic nitrogens is 1. The maximum atomic E-state index is 8.72. The molecule has 1 saturated heterocycles. The molecule has 0 amide bonds. The third-order valence-corrected chi connectivity index (χ3v) is 5.90. The molecule has 132 valence electrons. The van der Waals surface area contributed by atoms with Gasteiger partial charge in [-0.25, -0.2) is 0 Å². The smallest absolute Gasteiger partial charge is 0.119 e. The average Bonchev–Trinajstić information content (AvgIpc) is 3.03. The van der Waals surface area contributed by atoms with Crippen molar-refractivity contribution < 1.29 is 4.74 Å². The molecular formula is C20H26N4O. The number of hydrogen-bond acceptors (Lipinski definition) is 4. The number of aromatic amines is 1. The van der Waals surface area contributed by atoms with Gasteiger partial charge in [0.15, 0.2) is 0 Å². The van der Waals surface area contributed by atoms with Gasteiger partial charge in [0.1, 0.15) is 5.75 Å². The summed E-state index contributed by atoms with van der Waals surface area (Å²) in [5.41, 5.74) is 4.14. The van der Waals surface area contributed by atoms with E-state index < -0.39 is 0 Å². The normalized spacial score (nSPS) is 19.7. The van der Waals surface area contributed by atoms with E-state index in [0.29, 0.717) is 6.42 Å². The molecule has 0 bridgehead atoms. The zero-order valence-electron chi connectivity index (χ0n) is 14.9. The number of nitriles is 1. The van der Waals surface area contributed by atoms with E-state index in [-0.39, 0.29) is 5.54 Å². The summed E-state index contributed by atoms with van der Waals surface area (Å²) < 4.78 is 5.42. The highest BCUT2D eigenvalue weighted by molar-refractivity contribution is 5.86. The Morgan fingerprint density at radius 2 is 2.16 bits per heavy atom. The molecule has 3 heterocycles. The molecule has 1 fully saturated rings. The van der Waals surface area contributed by atoms with E-state index >= 15 is 0 Å². The van der Waals surface area contributed by atoms with Gasteiger partial charge in [0.25, 0.3) is 0 Å². The zero-order chi connectivity index (χ0) is 17.3. The summed E-state index contributed by atoms with van der Waals surface area (Å²) in [5.74, 6) is 0.925. The number of methoxy groups -OCH3 is 1. The first-order valence-corrected chi connectivity index (χ1v) is 9.29. The van der Waals surface area contributed by atoms with Gasteiger partial charge in [-0.05, 0) is 56.0 Å². The van der Waals surface area contributed by atoms with Gasteiger partial charge in [-0.3, -0.25) is 0 Å². The largest absolute Gasteiger partial charge is 0.497 e. The number of hydrogen-bond donors (Lipinski definition) is 2. The summed E-state index contributed by atoms with van der Waals surface area (Å²) in [6.45, 7) is 4.26. The Morgan fingerprint density at radius 1 is 1.32 bits per heavy atom. The second-order valence-electron chi connectivity index (χ2n) is 7.25. The Labute approximate surface area is 149 Å². The lowest BCUT2D eigenvalue weighted by Crippen LogP contribution is -2.54. The van der Waals surface area contributed by atoms with E-state index in [1.807, 2.05) is 6.07 Å². The first kappa shape index (κ1) is 16.4. The van der Waals surface area contributed by atoms with Crippen molar-refractivity contribution in [1.82, 2.24) is 15.2 Å². The highest BCUT2D eigenvalue weighted by atomic mass is 16.5. The van der Waals surface area contributed by atoms with Crippen LogP contribution in [0.1, 0.15) is 36.9 Å². The maximum Gasteiger partial charge on any atom is 0.119 e. The molecule has 0 atom stereocenters. The molecule has 0 unspecified atom stereocenters. The van der Waals surface area contributed by atoms with Gasteiger partial charge in [-0.15, -0.1) is 0 Å². The standard InChI is InChI=1S/C20H26N4O/c1-25-15-4-5-18-17(14-15)16-6-10-22-20(19(16)23-18)7-12-24(13-8-20)11-3-2-9-21/h4-5,14,22-23H,2-3,6-8,10-13H2,1H3. The number of ether oxygens (including phenoxy) is 1. The van der Waals surface area contributed by atoms with Crippen molar-refractivity contribution in [3.63, 3.8) is 0 Å². The summed E-state index contributed by atoms with van der Waals surface area (Å²) >= 11 is 0. The van der Waals surface area contributed by atoms with E-state index in [9.17, 15) is 0 Å². The first-order chi connectivity index (χ1) is 12.3. The number of benzene rings is 1. The van der Waals surface area contributed by atoms with E-state index in [2.05, 4.69) is 33.4 Å². The molecule has 1 aromatic heterocycles. The monoisotopic (exact) mass is 338 g/mol. The summed E-state index contributed by atoms with van der Waals surface area (Å²) in [7, 11) is 1.73. The topological polar surface area (TPSA) is 64.1 Å². The van der Waals surface area contributed by atoms with Gasteiger partial charge in [0.2, 0.25) is 0 Å². The van der Waals surface area contributed by atoms with Crippen molar-refractivity contribution in [3.05, 3.63) is 29.5 Å². The molecule has 2 aliphatic heterocycles. The Balaban J connectivity index is 1.59. The zero-order valence-corrected chi connectivity index (χ0v) is 14.9. The van der Waals surface area contributed by atoms with Gasteiger partial charge in [-0.2, -0.15) is 5.26 Å². The lowest BCUT2D eigenvalue weighted by atomic mass is 9.79. The van der Waals surface area contributed by atoms with Crippen molar-refractivity contribution in [2.45, 2.75) is 37.6 Å². The van der Waals surface area contributed by atoms with Crippen LogP contribution in [0.25, 0.3) is 10.9 Å². The molecule has 2 aliphatic rings. The second kappa shape index (κ2) is 6.70. The van der Waals surface area contributed by atoms with Crippen LogP contribution in [0.15, 0.2) is 18.2 Å². The van der Waals surface area contributed by atoms with E-state index in [1.54, 1.807) is 7.11 Å². The molecule has 1 spiro atoms. The van der Waals surface area contributed by atoms with Crippen LogP contribution in [-0.2, 0) is 12.0 Å². The molecule has 0 aliphatic carbocycles. The SMILES string of the molecule is COc1ccc2[nH]c3c(c2c1)CCNC31CCN(CCCC#N)CC1. The fraction of sp³-hybridized carbons (Fsp3) is 0.550. The summed E-state index contributed by atoms with van der Waals surface area (Å²) in [4.78, 5) is 6.22. The molecule has 5 nitrogen and oxygen atoms in total. The fourth-order valence-corrected chi connectivity index (χ4v) is 4.50. The fourth-order valence-electron chi connectivity index (χ4n) is 4.50. The van der Waals surface area contributed by atoms with Crippen molar-refractivity contribution in [2.75, 3.05) is 33.3 Å². The van der Waals surface area contributed by atoms with Crippen LogP contribution in [0.3, 0.4) is 0 Å². The van der Waals surface area contributed by atoms with Crippen molar-refractivity contribution in [3.8, 4) is 11.8 Å². The molecule has 5 heteroatoms. The quantitative estimate of drug-likeness (QED) is 0.842. The molecular weight excluding hydrogens is 312 g/mol. The van der Waals surface area contributed by atoms with Gasteiger partial charge in [0, 0.05) is 42.7 Å². The predicted molar refractivity (Wildman–Crippen MR) is 98.8 cm³/mol. The summed E-state index contributed by atoms with van der Waals surface area (Å²) in [6, 6.07) is 8.58. The number of unbranched alkanes of at least 4 members (excludes halogenated alkanes) is 1. The van der Waals surface area contributed by atoms with Crippen molar-refractivity contribution in [2.24, 2.45) is 0 Å². The molecule has 2 N–H and O–H groups in total. The number of piperidine rings is 1. The minimum atomic E-state index is 0.0750. The summed E-state index contributed by atoms with van der Waals surface area (Å²) in [6.07, 6.45) is 4.95. The molecule has 1 aromatic carbocycles. The van der Waals surface area contributed by atoms with Crippen LogP contribution in [0.4, 0.5) is 0 Å². The summed E-state index contributed by atoms with van der Waals surface area (Å²) in [5, 5.41) is 13.9. The lowest BCUT2D eigenvalue weighted by molar-refractivity contribution is 0.126. The predicted octanol–water partition coefficient (Wildman–Crippen LogP) is 2.92. The Hall–Kier alpha value is -2.03. The van der Waals surface area contributed by atoms with Crippen LogP contribution >= 0.6 is 0 Å². The number of nitrogens with zero attached hydrogens (tertiary/aromatic N) is 2. The molecule has 0 radical (unpaired) electrons. The lowest BCUT2D eigenvalue weighted by Gasteiger charge is -2.45. The number of rotatable bonds is 4. The van der Waals surface area contributed by atoms with Gasteiger partial charge in [0.05, 0.1) is 18.7 Å². The van der Waals surface area contributed by atoms with Crippen LogP contribution < -0.4 is 10.1 Å². The first-order valence-electron chi connectivity index (χ1n) is 9.29. The number of fused-ring (bicyclic) bond motifs is 4. The van der Waals surface area contributed by atoms with E-state index in [0.717, 1.165) is 57.6 Å². The van der Waals surface area contributed by atoms with Crippen molar-refractivity contribution in [1.29, 1.82) is 5.26 Å². The third-order valence-electron chi connectivity index (χ3n) is 5.90. The minimum Gasteiger partial charge on any atom is -0.497 e. The Kier molecular flexibility index (Phi) is 4.41. The molecule has 25 heavy (non-hydrogen) atoms. The third kappa shape index (κ3) is 2.90. The van der Waals surface area contributed by atoms with E-state index in [4.69, 9.17) is 10.00 Å². The van der Waals surface area contributed by atoms with Gasteiger partial charge in [-0.1, -0.05) is 0 Å². The maximum absolute atomic E-state index is 8.72.